The van der Waals surface area contributed by atoms with Crippen LogP contribution in [0.3, 0.4) is 0 Å². The molecule has 92 valence electrons. The highest BCUT2D eigenvalue weighted by molar-refractivity contribution is 7.18. The number of hydrogen-bond acceptors (Lipinski definition) is 3. The Morgan fingerprint density at radius 1 is 1.35 bits per heavy atom. The van der Waals surface area contributed by atoms with E-state index in [0.717, 1.165) is 16.9 Å². The zero-order valence-corrected chi connectivity index (χ0v) is 12.2. The van der Waals surface area contributed by atoms with Crippen LogP contribution in [-0.2, 0) is 0 Å². The smallest absolute Gasteiger partial charge is 0.127 e. The van der Waals surface area contributed by atoms with Gasteiger partial charge in [-0.2, -0.15) is 0 Å². The fourth-order valence-electron chi connectivity index (χ4n) is 2.08. The second kappa shape index (κ2) is 4.91. The molecule has 2 heterocycles. The fraction of sp³-hybridized carbons (Fsp3) is 0.538. The number of aromatic nitrogens is 2. The molecule has 0 N–H and O–H groups in total. The van der Waals surface area contributed by atoms with Crippen LogP contribution < -0.4 is 0 Å². The molecule has 2 aromatic heterocycles. The molecule has 2 aromatic rings. The summed E-state index contributed by atoms with van der Waals surface area (Å²) in [6.07, 6.45) is 2.61. The fourth-order valence-corrected chi connectivity index (χ4v) is 3.20. The van der Waals surface area contributed by atoms with Gasteiger partial charge in [0.25, 0.3) is 0 Å². The second-order valence-corrected chi connectivity index (χ2v) is 6.20. The van der Waals surface area contributed by atoms with Crippen LogP contribution >= 0.6 is 22.9 Å². The van der Waals surface area contributed by atoms with Crippen LogP contribution in [0.4, 0.5) is 0 Å². The third-order valence-electron chi connectivity index (χ3n) is 3.36. The second-order valence-electron chi connectivity index (χ2n) is 4.44. The van der Waals surface area contributed by atoms with E-state index in [4.69, 9.17) is 11.6 Å². The van der Waals surface area contributed by atoms with Gasteiger partial charge < -0.3 is 0 Å². The van der Waals surface area contributed by atoms with Crippen molar-refractivity contribution < 1.29 is 0 Å². The summed E-state index contributed by atoms with van der Waals surface area (Å²) in [4.78, 5) is 11.2. The van der Waals surface area contributed by atoms with Crippen molar-refractivity contribution in [1.29, 1.82) is 0 Å². The molecular formula is C13H17ClN2S. The monoisotopic (exact) mass is 268 g/mol. The quantitative estimate of drug-likeness (QED) is 0.770. The van der Waals surface area contributed by atoms with Crippen molar-refractivity contribution in [2.24, 2.45) is 0 Å². The summed E-state index contributed by atoms with van der Waals surface area (Å²) < 4.78 is 0. The molecule has 2 nitrogen and oxygen atoms in total. The van der Waals surface area contributed by atoms with Crippen molar-refractivity contribution >= 4 is 33.2 Å². The number of aryl methyl sites for hydroxylation is 2. The molecule has 0 radical (unpaired) electrons. The largest absolute Gasteiger partial charge is 0.240 e. The van der Waals surface area contributed by atoms with Gasteiger partial charge in [0.15, 0.2) is 0 Å². The third kappa shape index (κ3) is 2.18. The minimum atomic E-state index is 0.132. The van der Waals surface area contributed by atoms with E-state index in [2.05, 4.69) is 37.7 Å². The Hall–Kier alpha value is -0.670. The van der Waals surface area contributed by atoms with E-state index in [1.54, 1.807) is 17.7 Å². The van der Waals surface area contributed by atoms with E-state index in [0.29, 0.717) is 0 Å². The summed E-state index contributed by atoms with van der Waals surface area (Å²) in [5, 5.41) is 1.34. The number of nitrogens with zero attached hydrogens (tertiary/aromatic N) is 2. The highest BCUT2D eigenvalue weighted by Crippen LogP contribution is 2.35. The van der Waals surface area contributed by atoms with E-state index >= 15 is 0 Å². The van der Waals surface area contributed by atoms with E-state index in [9.17, 15) is 0 Å². The van der Waals surface area contributed by atoms with Crippen molar-refractivity contribution in [2.45, 2.75) is 45.4 Å². The molecule has 2 unspecified atom stereocenters. The molecule has 17 heavy (non-hydrogen) atoms. The standard InChI is InChI=1S/C13H17ClN2S/c1-5-10(14)8(3)12-11-7(2)9(4)17-13(11)16-6-15-12/h6,8,10H,5H2,1-4H3. The summed E-state index contributed by atoms with van der Waals surface area (Å²) in [6.45, 7) is 8.53. The van der Waals surface area contributed by atoms with Gasteiger partial charge in [-0.3, -0.25) is 0 Å². The summed E-state index contributed by atoms with van der Waals surface area (Å²) in [5.74, 6) is 0.264. The van der Waals surface area contributed by atoms with Crippen LogP contribution in [0.25, 0.3) is 10.2 Å². The first-order valence-corrected chi connectivity index (χ1v) is 7.16. The lowest BCUT2D eigenvalue weighted by molar-refractivity contribution is 0.661. The van der Waals surface area contributed by atoms with Gasteiger partial charge in [0, 0.05) is 21.6 Å². The SMILES string of the molecule is CCC(Cl)C(C)c1ncnc2sc(C)c(C)c12. The number of hydrogen-bond donors (Lipinski definition) is 0. The van der Waals surface area contributed by atoms with E-state index < -0.39 is 0 Å². The highest BCUT2D eigenvalue weighted by Gasteiger charge is 2.21. The van der Waals surface area contributed by atoms with Gasteiger partial charge in [-0.1, -0.05) is 13.8 Å². The Kier molecular flexibility index (Phi) is 3.69. The Balaban J connectivity index is 2.61. The third-order valence-corrected chi connectivity index (χ3v) is 5.16. The first kappa shape index (κ1) is 12.8. The minimum Gasteiger partial charge on any atom is -0.240 e. The predicted molar refractivity (Wildman–Crippen MR) is 75.2 cm³/mol. The van der Waals surface area contributed by atoms with Crippen molar-refractivity contribution in [3.63, 3.8) is 0 Å². The highest BCUT2D eigenvalue weighted by atomic mass is 35.5. The molecule has 4 heteroatoms. The van der Waals surface area contributed by atoms with Crippen molar-refractivity contribution in [2.75, 3.05) is 0 Å². The van der Waals surface area contributed by atoms with Gasteiger partial charge in [0.05, 0.1) is 5.69 Å². The molecule has 0 fully saturated rings. The van der Waals surface area contributed by atoms with E-state index in [1.807, 2.05) is 0 Å². The summed E-state index contributed by atoms with van der Waals surface area (Å²) in [5.41, 5.74) is 2.39. The molecule has 0 aliphatic rings. The average molecular weight is 269 g/mol. The molecule has 0 saturated carbocycles. The van der Waals surface area contributed by atoms with Crippen molar-refractivity contribution in [3.05, 3.63) is 22.5 Å². The van der Waals surface area contributed by atoms with Gasteiger partial charge in [-0.15, -0.1) is 22.9 Å². The molecule has 0 aromatic carbocycles. The van der Waals surface area contributed by atoms with Gasteiger partial charge in [-0.25, -0.2) is 9.97 Å². The molecule has 0 spiro atoms. The van der Waals surface area contributed by atoms with Crippen LogP contribution in [0.15, 0.2) is 6.33 Å². The lowest BCUT2D eigenvalue weighted by atomic mass is 9.97. The number of alkyl halides is 1. The molecule has 0 aliphatic carbocycles. The van der Waals surface area contributed by atoms with Gasteiger partial charge in [0.2, 0.25) is 0 Å². The minimum absolute atomic E-state index is 0.132. The van der Waals surface area contributed by atoms with Crippen LogP contribution in [0.5, 0.6) is 0 Å². The lowest BCUT2D eigenvalue weighted by Gasteiger charge is -2.16. The average Bonchev–Trinajstić information content (AvgIpc) is 2.63. The zero-order chi connectivity index (χ0) is 12.6. The summed E-state index contributed by atoms with van der Waals surface area (Å²) in [6, 6.07) is 0. The lowest BCUT2D eigenvalue weighted by Crippen LogP contribution is -2.10. The molecule has 0 saturated heterocycles. The zero-order valence-electron chi connectivity index (χ0n) is 10.6. The van der Waals surface area contributed by atoms with E-state index in [1.165, 1.54) is 15.8 Å². The maximum Gasteiger partial charge on any atom is 0.127 e. The predicted octanol–water partition coefficient (Wildman–Crippen LogP) is 4.43. The number of halogens is 1. The van der Waals surface area contributed by atoms with Gasteiger partial charge in [-0.05, 0) is 25.8 Å². The maximum absolute atomic E-state index is 6.35. The molecule has 0 bridgehead atoms. The Bertz CT molecular complexity index is 535. The Morgan fingerprint density at radius 2 is 2.06 bits per heavy atom. The first-order chi connectivity index (χ1) is 8.06. The van der Waals surface area contributed by atoms with Crippen LogP contribution in [0.1, 0.15) is 42.3 Å². The van der Waals surface area contributed by atoms with Crippen LogP contribution in [0, 0.1) is 13.8 Å². The number of fused-ring (bicyclic) bond motifs is 1. The summed E-state index contributed by atoms with van der Waals surface area (Å²) >= 11 is 8.09. The van der Waals surface area contributed by atoms with Gasteiger partial charge >= 0.3 is 0 Å². The number of thiophene rings is 1. The van der Waals surface area contributed by atoms with Crippen molar-refractivity contribution in [1.82, 2.24) is 9.97 Å². The molecular weight excluding hydrogens is 252 g/mol. The summed E-state index contributed by atoms with van der Waals surface area (Å²) in [7, 11) is 0. The molecule has 2 atom stereocenters. The topological polar surface area (TPSA) is 25.8 Å². The Morgan fingerprint density at radius 3 is 2.71 bits per heavy atom. The van der Waals surface area contributed by atoms with Crippen LogP contribution in [0.2, 0.25) is 0 Å². The normalized spacial score (nSPS) is 15.1. The molecule has 0 amide bonds. The van der Waals surface area contributed by atoms with Gasteiger partial charge in [0.1, 0.15) is 11.2 Å². The van der Waals surface area contributed by atoms with E-state index in [-0.39, 0.29) is 11.3 Å². The Labute approximate surface area is 111 Å². The number of rotatable bonds is 3. The molecule has 0 aliphatic heterocycles. The molecule has 2 rings (SSSR count). The first-order valence-electron chi connectivity index (χ1n) is 5.90. The van der Waals surface area contributed by atoms with Crippen molar-refractivity contribution in [3.8, 4) is 0 Å². The van der Waals surface area contributed by atoms with Crippen LogP contribution in [-0.4, -0.2) is 15.3 Å². The maximum atomic E-state index is 6.35.